The van der Waals surface area contributed by atoms with Crippen molar-refractivity contribution in [2.45, 2.75) is 19.9 Å². The highest BCUT2D eigenvalue weighted by molar-refractivity contribution is 5.43. The Morgan fingerprint density at radius 2 is 2.15 bits per heavy atom. The van der Waals surface area contributed by atoms with Crippen LogP contribution in [-0.4, -0.2) is 0 Å². The van der Waals surface area contributed by atoms with Crippen molar-refractivity contribution in [2.24, 2.45) is 5.73 Å². The van der Waals surface area contributed by atoms with Gasteiger partial charge in [-0.25, -0.2) is 4.39 Å². The third-order valence-electron chi connectivity index (χ3n) is 2.02. The fourth-order valence-electron chi connectivity index (χ4n) is 1.29. The van der Waals surface area contributed by atoms with Crippen LogP contribution >= 0.6 is 0 Å². The summed E-state index contributed by atoms with van der Waals surface area (Å²) < 4.78 is 12.9. The third-order valence-corrected chi connectivity index (χ3v) is 2.02. The van der Waals surface area contributed by atoms with E-state index in [1.54, 1.807) is 13.8 Å². The molecule has 1 aromatic rings. The lowest BCUT2D eigenvalue weighted by Gasteiger charge is -2.10. The number of hydrogen-bond donors (Lipinski definition) is 1. The van der Waals surface area contributed by atoms with Crippen molar-refractivity contribution < 1.29 is 4.39 Å². The predicted molar refractivity (Wildman–Crippen MR) is 48.5 cm³/mol. The SMILES string of the molecule is Cc1c(C#N)cc(F)cc1[C@@H](C)N. The monoisotopic (exact) mass is 178 g/mol. The van der Waals surface area contributed by atoms with Crippen molar-refractivity contribution in [1.29, 1.82) is 5.26 Å². The topological polar surface area (TPSA) is 49.8 Å². The van der Waals surface area contributed by atoms with Crippen LogP contribution in [0.5, 0.6) is 0 Å². The lowest BCUT2D eigenvalue weighted by Crippen LogP contribution is -2.08. The van der Waals surface area contributed by atoms with E-state index in [0.717, 1.165) is 5.56 Å². The van der Waals surface area contributed by atoms with Crippen molar-refractivity contribution in [3.05, 3.63) is 34.6 Å². The van der Waals surface area contributed by atoms with Crippen molar-refractivity contribution in [3.8, 4) is 6.07 Å². The van der Waals surface area contributed by atoms with Crippen LogP contribution in [0.3, 0.4) is 0 Å². The summed E-state index contributed by atoms with van der Waals surface area (Å²) >= 11 is 0. The molecular weight excluding hydrogens is 167 g/mol. The van der Waals surface area contributed by atoms with Gasteiger partial charge in [0.05, 0.1) is 11.6 Å². The molecule has 0 saturated carbocycles. The van der Waals surface area contributed by atoms with E-state index in [2.05, 4.69) is 0 Å². The van der Waals surface area contributed by atoms with Crippen LogP contribution in [0.2, 0.25) is 0 Å². The molecule has 0 amide bonds. The first-order valence-corrected chi connectivity index (χ1v) is 4.02. The molecule has 0 aliphatic rings. The molecule has 3 heteroatoms. The molecule has 0 saturated heterocycles. The van der Waals surface area contributed by atoms with E-state index in [4.69, 9.17) is 11.0 Å². The Bertz CT molecular complexity index is 364. The molecule has 1 atom stereocenters. The molecule has 0 spiro atoms. The summed E-state index contributed by atoms with van der Waals surface area (Å²) in [5.74, 6) is -0.408. The maximum Gasteiger partial charge on any atom is 0.124 e. The molecule has 1 rings (SSSR count). The number of nitriles is 1. The largest absolute Gasteiger partial charge is 0.324 e. The van der Waals surface area contributed by atoms with Crippen LogP contribution in [-0.2, 0) is 0 Å². The van der Waals surface area contributed by atoms with E-state index in [9.17, 15) is 4.39 Å². The van der Waals surface area contributed by atoms with Gasteiger partial charge in [-0.1, -0.05) is 0 Å². The highest BCUT2D eigenvalue weighted by Crippen LogP contribution is 2.20. The Kier molecular flexibility index (Phi) is 2.64. The molecule has 0 radical (unpaired) electrons. The summed E-state index contributed by atoms with van der Waals surface area (Å²) in [6.07, 6.45) is 0. The number of benzene rings is 1. The molecule has 2 N–H and O–H groups in total. The second kappa shape index (κ2) is 3.55. The van der Waals surface area contributed by atoms with E-state index >= 15 is 0 Å². The van der Waals surface area contributed by atoms with Crippen molar-refractivity contribution >= 4 is 0 Å². The van der Waals surface area contributed by atoms with Gasteiger partial charge in [0.1, 0.15) is 5.82 Å². The summed E-state index contributed by atoms with van der Waals surface area (Å²) in [6, 6.07) is 4.29. The molecular formula is C10H11FN2. The van der Waals surface area contributed by atoms with Gasteiger partial charge in [0, 0.05) is 6.04 Å². The van der Waals surface area contributed by atoms with Gasteiger partial charge < -0.3 is 5.73 Å². The van der Waals surface area contributed by atoms with Crippen LogP contribution < -0.4 is 5.73 Å². The fourth-order valence-corrected chi connectivity index (χ4v) is 1.29. The van der Waals surface area contributed by atoms with Crippen molar-refractivity contribution in [3.63, 3.8) is 0 Å². The van der Waals surface area contributed by atoms with Crippen molar-refractivity contribution in [2.75, 3.05) is 0 Å². The number of hydrogen-bond acceptors (Lipinski definition) is 2. The highest BCUT2D eigenvalue weighted by Gasteiger charge is 2.09. The minimum absolute atomic E-state index is 0.247. The second-order valence-corrected chi connectivity index (χ2v) is 3.07. The average molecular weight is 178 g/mol. The number of nitrogens with zero attached hydrogens (tertiary/aromatic N) is 1. The smallest absolute Gasteiger partial charge is 0.124 e. The summed E-state index contributed by atoms with van der Waals surface area (Å²) in [7, 11) is 0. The van der Waals surface area contributed by atoms with E-state index in [0.29, 0.717) is 11.1 Å². The van der Waals surface area contributed by atoms with Gasteiger partial charge in [0.25, 0.3) is 0 Å². The summed E-state index contributed by atoms with van der Waals surface area (Å²) in [5, 5.41) is 8.69. The first-order chi connectivity index (χ1) is 6.06. The molecule has 0 unspecified atom stereocenters. The van der Waals surface area contributed by atoms with Gasteiger partial charge in [-0.15, -0.1) is 0 Å². The zero-order valence-corrected chi connectivity index (χ0v) is 7.63. The van der Waals surface area contributed by atoms with Gasteiger partial charge in [-0.3, -0.25) is 0 Å². The first kappa shape index (κ1) is 9.69. The molecule has 68 valence electrons. The van der Waals surface area contributed by atoms with Gasteiger partial charge in [-0.2, -0.15) is 5.26 Å². The first-order valence-electron chi connectivity index (χ1n) is 4.02. The van der Waals surface area contributed by atoms with E-state index < -0.39 is 5.82 Å². The normalized spacial score (nSPS) is 12.2. The second-order valence-electron chi connectivity index (χ2n) is 3.07. The number of nitrogens with two attached hydrogens (primary N) is 1. The fraction of sp³-hybridized carbons (Fsp3) is 0.300. The summed E-state index contributed by atoms with van der Waals surface area (Å²) in [6.45, 7) is 3.54. The molecule has 0 bridgehead atoms. The van der Waals surface area contributed by atoms with Gasteiger partial charge in [-0.05, 0) is 37.1 Å². The van der Waals surface area contributed by atoms with E-state index in [1.807, 2.05) is 6.07 Å². The van der Waals surface area contributed by atoms with Gasteiger partial charge >= 0.3 is 0 Å². The lowest BCUT2D eigenvalue weighted by atomic mass is 9.98. The molecule has 0 aromatic heterocycles. The number of halogens is 1. The van der Waals surface area contributed by atoms with Gasteiger partial charge in [0.15, 0.2) is 0 Å². The van der Waals surface area contributed by atoms with Crippen LogP contribution in [0.15, 0.2) is 12.1 Å². The van der Waals surface area contributed by atoms with Crippen LogP contribution in [0.4, 0.5) is 4.39 Å². The maximum atomic E-state index is 12.9. The highest BCUT2D eigenvalue weighted by atomic mass is 19.1. The summed E-state index contributed by atoms with van der Waals surface area (Å²) in [5.41, 5.74) is 7.44. The average Bonchev–Trinajstić information content (AvgIpc) is 2.08. The maximum absolute atomic E-state index is 12.9. The molecule has 2 nitrogen and oxygen atoms in total. The standard InChI is InChI=1S/C10H11FN2/c1-6-8(5-12)3-9(11)4-10(6)7(2)13/h3-4,7H,13H2,1-2H3/t7-/m1/s1. The quantitative estimate of drug-likeness (QED) is 0.715. The molecule has 1 aromatic carbocycles. The Balaban J connectivity index is 3.38. The lowest BCUT2D eigenvalue weighted by molar-refractivity contribution is 0.620. The molecule has 0 aliphatic heterocycles. The predicted octanol–water partition coefficient (Wildman–Crippen LogP) is 2.03. The number of rotatable bonds is 1. The summed E-state index contributed by atoms with van der Waals surface area (Å²) in [4.78, 5) is 0. The molecule has 0 fully saturated rings. The van der Waals surface area contributed by atoms with Crippen molar-refractivity contribution in [1.82, 2.24) is 0 Å². The van der Waals surface area contributed by atoms with E-state index in [-0.39, 0.29) is 6.04 Å². The van der Waals surface area contributed by atoms with Gasteiger partial charge in [0.2, 0.25) is 0 Å². The van der Waals surface area contributed by atoms with Crippen LogP contribution in [0.25, 0.3) is 0 Å². The molecule has 0 aliphatic carbocycles. The van der Waals surface area contributed by atoms with Crippen LogP contribution in [0.1, 0.15) is 29.7 Å². The molecule has 0 heterocycles. The zero-order chi connectivity index (χ0) is 10.0. The Morgan fingerprint density at radius 3 is 2.62 bits per heavy atom. The third kappa shape index (κ3) is 1.85. The van der Waals surface area contributed by atoms with E-state index in [1.165, 1.54) is 12.1 Å². The Labute approximate surface area is 76.8 Å². The molecule has 13 heavy (non-hydrogen) atoms. The Hall–Kier alpha value is -1.40. The zero-order valence-electron chi connectivity index (χ0n) is 7.63. The minimum atomic E-state index is -0.408. The minimum Gasteiger partial charge on any atom is -0.324 e. The Morgan fingerprint density at radius 1 is 1.54 bits per heavy atom. The van der Waals surface area contributed by atoms with Crippen LogP contribution in [0, 0.1) is 24.1 Å².